The Bertz CT molecular complexity index is 360. The summed E-state index contributed by atoms with van der Waals surface area (Å²) in [6.07, 6.45) is 3.56. The molecule has 0 fully saturated rings. The summed E-state index contributed by atoms with van der Waals surface area (Å²) in [6.45, 7) is 0. The van der Waals surface area contributed by atoms with Crippen molar-refractivity contribution in [1.82, 2.24) is 0 Å². The third kappa shape index (κ3) is 0.851. The lowest BCUT2D eigenvalue weighted by molar-refractivity contribution is 1.47. The summed E-state index contributed by atoms with van der Waals surface area (Å²) in [5.41, 5.74) is 1.53. The van der Waals surface area contributed by atoms with Crippen molar-refractivity contribution in [2.24, 2.45) is 0 Å². The van der Waals surface area contributed by atoms with E-state index >= 15 is 0 Å². The molecule has 11 heavy (non-hydrogen) atoms. The molecule has 0 atom stereocenters. The molecule has 3 heteroatoms. The van der Waals surface area contributed by atoms with E-state index in [4.69, 9.17) is 10.8 Å². The van der Waals surface area contributed by atoms with Gasteiger partial charge in [0.15, 0.2) is 0 Å². The third-order valence-electron chi connectivity index (χ3n) is 1.64. The predicted octanol–water partition coefficient (Wildman–Crippen LogP) is 2.16. The molecule has 0 saturated heterocycles. The second-order valence-electron chi connectivity index (χ2n) is 2.32. The normalized spacial score (nSPS) is 15.3. The zero-order chi connectivity index (χ0) is 7.84. The first-order chi connectivity index (χ1) is 5.29. The van der Waals surface area contributed by atoms with E-state index in [9.17, 15) is 0 Å². The van der Waals surface area contributed by atoms with E-state index in [-0.39, 0.29) is 0 Å². The van der Waals surface area contributed by atoms with Crippen LogP contribution in [0.2, 0.25) is 0 Å². The first-order valence-corrected chi connectivity index (χ1v) is 4.10. The molecule has 1 aromatic rings. The minimum Gasteiger partial charge on any atom is -0.299 e. The van der Waals surface area contributed by atoms with Crippen LogP contribution in [0.25, 0.3) is 6.08 Å². The molecule has 1 heterocycles. The zero-order valence-corrected chi connectivity index (χ0v) is 6.53. The van der Waals surface area contributed by atoms with Gasteiger partial charge < -0.3 is 0 Å². The van der Waals surface area contributed by atoms with Gasteiger partial charge in [0.25, 0.3) is 0 Å². The summed E-state index contributed by atoms with van der Waals surface area (Å²) < 4.78 is 0. The Labute approximate surface area is 68.2 Å². The lowest BCUT2D eigenvalue weighted by Crippen LogP contribution is -2.13. The van der Waals surface area contributed by atoms with Crippen molar-refractivity contribution in [3.8, 4) is 0 Å². The minimum atomic E-state index is 0.302. The van der Waals surface area contributed by atoms with Crippen LogP contribution in [0.4, 0.5) is 0 Å². The van der Waals surface area contributed by atoms with Gasteiger partial charge in [0.05, 0.1) is 11.4 Å². The van der Waals surface area contributed by atoms with Crippen LogP contribution in [-0.4, -0.2) is 11.4 Å². The number of allylic oxidation sites excluding steroid dienone is 1. The zero-order valence-electron chi connectivity index (χ0n) is 5.72. The maximum absolute atomic E-state index is 7.52. The highest BCUT2D eigenvalue weighted by Crippen LogP contribution is 2.22. The molecule has 0 bridgehead atoms. The monoisotopic (exact) mass is 162 g/mol. The standard InChI is InChI=1S/C8H6N2S/c9-6-1-2-7-5(8(6)10)3-4-11-7/h1-4,9-10H. The van der Waals surface area contributed by atoms with Gasteiger partial charge in [0.2, 0.25) is 0 Å². The molecular formula is C8H6N2S. The molecule has 0 saturated carbocycles. The van der Waals surface area contributed by atoms with Gasteiger partial charge in [-0.3, -0.25) is 10.8 Å². The Morgan fingerprint density at radius 1 is 1.18 bits per heavy atom. The summed E-state index contributed by atoms with van der Waals surface area (Å²) in [5.74, 6) is 0. The highest BCUT2D eigenvalue weighted by molar-refractivity contribution is 7.11. The molecule has 0 radical (unpaired) electrons. The first-order valence-electron chi connectivity index (χ1n) is 3.22. The Kier molecular flexibility index (Phi) is 1.26. The lowest BCUT2D eigenvalue weighted by atomic mass is 10.0. The number of thiophene rings is 1. The molecule has 0 unspecified atom stereocenters. The largest absolute Gasteiger partial charge is 0.299 e. The van der Waals surface area contributed by atoms with E-state index in [1.54, 1.807) is 17.4 Å². The predicted molar refractivity (Wildman–Crippen MR) is 47.9 cm³/mol. The molecule has 0 aliphatic heterocycles. The van der Waals surface area contributed by atoms with Gasteiger partial charge in [-0.1, -0.05) is 0 Å². The van der Waals surface area contributed by atoms with Crippen LogP contribution in [0.1, 0.15) is 10.4 Å². The van der Waals surface area contributed by atoms with Crippen molar-refractivity contribution < 1.29 is 0 Å². The van der Waals surface area contributed by atoms with Crippen LogP contribution in [0.5, 0.6) is 0 Å². The molecule has 1 aromatic heterocycles. The topological polar surface area (TPSA) is 47.7 Å². The SMILES string of the molecule is N=C1C=Cc2sccc2C1=N. The summed E-state index contributed by atoms with van der Waals surface area (Å²) in [7, 11) is 0. The van der Waals surface area contributed by atoms with E-state index < -0.39 is 0 Å². The lowest BCUT2D eigenvalue weighted by Gasteiger charge is -2.05. The van der Waals surface area contributed by atoms with E-state index in [1.165, 1.54) is 0 Å². The molecule has 2 nitrogen and oxygen atoms in total. The number of fused-ring (bicyclic) bond motifs is 1. The Morgan fingerprint density at radius 3 is 2.82 bits per heavy atom. The van der Waals surface area contributed by atoms with Crippen LogP contribution in [0.3, 0.4) is 0 Å². The Balaban J connectivity index is 2.66. The highest BCUT2D eigenvalue weighted by atomic mass is 32.1. The van der Waals surface area contributed by atoms with Crippen LogP contribution in [-0.2, 0) is 0 Å². The Hall–Kier alpha value is -1.22. The Morgan fingerprint density at radius 2 is 2.00 bits per heavy atom. The average molecular weight is 162 g/mol. The molecule has 1 aliphatic carbocycles. The van der Waals surface area contributed by atoms with E-state index in [2.05, 4.69) is 0 Å². The molecular weight excluding hydrogens is 156 g/mol. The maximum Gasteiger partial charge on any atom is 0.0875 e. The summed E-state index contributed by atoms with van der Waals surface area (Å²) >= 11 is 1.61. The second-order valence-corrected chi connectivity index (χ2v) is 3.27. The van der Waals surface area contributed by atoms with Crippen LogP contribution in [0, 0.1) is 10.8 Å². The van der Waals surface area contributed by atoms with Gasteiger partial charge >= 0.3 is 0 Å². The van der Waals surface area contributed by atoms with Crippen molar-refractivity contribution in [1.29, 1.82) is 10.8 Å². The summed E-state index contributed by atoms with van der Waals surface area (Å²) in [5, 5.41) is 16.8. The minimum absolute atomic E-state index is 0.302. The molecule has 0 aromatic carbocycles. The molecule has 0 amide bonds. The fraction of sp³-hybridized carbons (Fsp3) is 0. The molecule has 2 rings (SSSR count). The number of nitrogens with one attached hydrogen (secondary N) is 2. The first kappa shape index (κ1) is 6.49. The van der Waals surface area contributed by atoms with Gasteiger partial charge in [-0.2, -0.15) is 0 Å². The molecule has 1 aliphatic rings. The van der Waals surface area contributed by atoms with Crippen LogP contribution in [0.15, 0.2) is 17.5 Å². The van der Waals surface area contributed by atoms with Crippen molar-refractivity contribution in [3.63, 3.8) is 0 Å². The highest BCUT2D eigenvalue weighted by Gasteiger charge is 2.14. The molecule has 54 valence electrons. The molecule has 2 N–H and O–H groups in total. The van der Waals surface area contributed by atoms with Gasteiger partial charge in [-0.15, -0.1) is 11.3 Å². The van der Waals surface area contributed by atoms with E-state index in [0.29, 0.717) is 11.4 Å². The fourth-order valence-electron chi connectivity index (χ4n) is 1.04. The van der Waals surface area contributed by atoms with Crippen LogP contribution >= 0.6 is 11.3 Å². The van der Waals surface area contributed by atoms with E-state index in [1.807, 2.05) is 17.5 Å². The van der Waals surface area contributed by atoms with Gasteiger partial charge in [0.1, 0.15) is 0 Å². The van der Waals surface area contributed by atoms with Crippen molar-refractivity contribution >= 4 is 28.8 Å². The summed E-state index contributed by atoms with van der Waals surface area (Å²) in [4.78, 5) is 1.09. The number of rotatable bonds is 0. The number of hydrogen-bond donors (Lipinski definition) is 2. The quantitative estimate of drug-likeness (QED) is 0.587. The van der Waals surface area contributed by atoms with Crippen molar-refractivity contribution in [2.45, 2.75) is 0 Å². The van der Waals surface area contributed by atoms with E-state index in [0.717, 1.165) is 10.4 Å². The average Bonchev–Trinajstić information content (AvgIpc) is 2.45. The second kappa shape index (κ2) is 2.13. The van der Waals surface area contributed by atoms with Gasteiger partial charge in [0, 0.05) is 10.4 Å². The van der Waals surface area contributed by atoms with Crippen LogP contribution < -0.4 is 0 Å². The molecule has 0 spiro atoms. The van der Waals surface area contributed by atoms with Crippen molar-refractivity contribution in [2.75, 3.05) is 0 Å². The van der Waals surface area contributed by atoms with Gasteiger partial charge in [-0.05, 0) is 23.6 Å². The number of hydrogen-bond acceptors (Lipinski definition) is 3. The van der Waals surface area contributed by atoms with Crippen molar-refractivity contribution in [3.05, 3.63) is 28.0 Å². The smallest absolute Gasteiger partial charge is 0.0875 e. The maximum atomic E-state index is 7.52. The third-order valence-corrected chi connectivity index (χ3v) is 2.52. The summed E-state index contributed by atoms with van der Waals surface area (Å²) in [6, 6.07) is 1.89. The fourth-order valence-corrected chi connectivity index (χ4v) is 1.84. The van der Waals surface area contributed by atoms with Gasteiger partial charge in [-0.25, -0.2) is 0 Å².